The Kier molecular flexibility index (Phi) is 9.03. The maximum Gasteiger partial charge on any atom is 0.191 e. The highest BCUT2D eigenvalue weighted by Crippen LogP contribution is 2.02. The fraction of sp³-hybridized carbons (Fsp3) is 0.222. The molecule has 22 heavy (non-hydrogen) atoms. The third-order valence-electron chi connectivity index (χ3n) is 2.57. The summed E-state index contributed by atoms with van der Waals surface area (Å²) in [6, 6.07) is 19.5. The van der Waals surface area contributed by atoms with Crippen LogP contribution in [0.4, 0.5) is 0 Å². The van der Waals surface area contributed by atoms with E-state index in [-0.39, 0.29) is 0 Å². The van der Waals surface area contributed by atoms with Crippen LogP contribution in [0, 0.1) is 0 Å². The molecule has 0 heterocycles. The lowest BCUT2D eigenvalue weighted by Crippen LogP contribution is -2.01. The van der Waals surface area contributed by atoms with Crippen LogP contribution in [0.2, 0.25) is 0 Å². The summed E-state index contributed by atoms with van der Waals surface area (Å²) in [5.41, 5.74) is 1.95. The van der Waals surface area contributed by atoms with Crippen molar-refractivity contribution in [2.24, 2.45) is 0 Å². The Balaban J connectivity index is 0.000000220. The van der Waals surface area contributed by atoms with E-state index in [1.54, 1.807) is 0 Å². The fourth-order valence-electron chi connectivity index (χ4n) is 1.58. The summed E-state index contributed by atoms with van der Waals surface area (Å²) in [5.74, 6) is 0. The van der Waals surface area contributed by atoms with Gasteiger partial charge in [-0.3, -0.25) is 0 Å². The van der Waals surface area contributed by atoms with Crippen molar-refractivity contribution < 1.29 is 9.47 Å². The van der Waals surface area contributed by atoms with Crippen LogP contribution in [0.25, 0.3) is 0 Å². The zero-order valence-electron chi connectivity index (χ0n) is 12.8. The van der Waals surface area contributed by atoms with Crippen molar-refractivity contribution in [1.29, 1.82) is 0 Å². The summed E-state index contributed by atoms with van der Waals surface area (Å²) >= 11 is 9.99. The minimum Gasteiger partial charge on any atom is -0.483 e. The minimum atomic E-state index is 0.577. The second-order valence-corrected chi connectivity index (χ2v) is 4.91. The van der Waals surface area contributed by atoms with E-state index < -0.39 is 0 Å². The molecule has 4 heteroatoms. The maximum atomic E-state index is 5.16. The average molecular weight is 332 g/mol. The number of benzene rings is 2. The molecule has 0 aromatic heterocycles. The van der Waals surface area contributed by atoms with Crippen LogP contribution >= 0.6 is 24.4 Å². The van der Waals surface area contributed by atoms with E-state index in [9.17, 15) is 0 Å². The minimum absolute atomic E-state index is 0.577. The van der Waals surface area contributed by atoms with Crippen molar-refractivity contribution in [3.05, 3.63) is 71.8 Å². The van der Waals surface area contributed by atoms with Gasteiger partial charge in [-0.2, -0.15) is 0 Å². The van der Waals surface area contributed by atoms with E-state index in [0.29, 0.717) is 23.3 Å². The number of ether oxygens (including phenoxy) is 2. The lowest BCUT2D eigenvalue weighted by molar-refractivity contribution is 0.337. The maximum absolute atomic E-state index is 5.16. The Bertz CT molecular complexity index is 515. The highest BCUT2D eigenvalue weighted by Gasteiger charge is 1.98. The van der Waals surface area contributed by atoms with Crippen molar-refractivity contribution in [3.63, 3.8) is 0 Å². The highest BCUT2D eigenvalue weighted by atomic mass is 32.1. The standard InChI is InChI=1S/2C9H10OS/c2*1-2-10-9(11)8-6-4-3-5-7-8/h2*3-7H,2H2,1H3. The number of thiocarbonyl (C=S) groups is 2. The van der Waals surface area contributed by atoms with Gasteiger partial charge in [0.25, 0.3) is 0 Å². The van der Waals surface area contributed by atoms with E-state index in [1.807, 2.05) is 74.5 Å². The molecule has 0 amide bonds. The van der Waals surface area contributed by atoms with E-state index in [2.05, 4.69) is 0 Å². The zero-order valence-corrected chi connectivity index (χ0v) is 14.5. The van der Waals surface area contributed by atoms with Crippen molar-refractivity contribution in [2.45, 2.75) is 13.8 Å². The normalized spacial score (nSPS) is 9.18. The Morgan fingerprint density at radius 3 is 1.27 bits per heavy atom. The van der Waals surface area contributed by atoms with Gasteiger partial charge in [-0.25, -0.2) is 0 Å². The molecule has 0 radical (unpaired) electrons. The van der Waals surface area contributed by atoms with Crippen LogP contribution in [0.5, 0.6) is 0 Å². The number of hydrogen-bond donors (Lipinski definition) is 0. The Morgan fingerprint density at radius 1 is 0.682 bits per heavy atom. The molecular weight excluding hydrogens is 312 g/mol. The first-order valence-electron chi connectivity index (χ1n) is 7.13. The first kappa shape index (κ1) is 18.3. The van der Waals surface area contributed by atoms with Crippen LogP contribution in [-0.2, 0) is 9.47 Å². The molecule has 0 fully saturated rings. The molecule has 0 aliphatic carbocycles. The Labute approximate surface area is 143 Å². The third kappa shape index (κ3) is 6.78. The Hall–Kier alpha value is -1.78. The smallest absolute Gasteiger partial charge is 0.191 e. The van der Waals surface area contributed by atoms with Crippen molar-refractivity contribution >= 4 is 34.5 Å². The van der Waals surface area contributed by atoms with Crippen molar-refractivity contribution in [3.8, 4) is 0 Å². The quantitative estimate of drug-likeness (QED) is 0.749. The summed E-state index contributed by atoms with van der Waals surface area (Å²) in [6.07, 6.45) is 0. The van der Waals surface area contributed by atoms with Gasteiger partial charge >= 0.3 is 0 Å². The molecule has 2 nitrogen and oxygen atoms in total. The lowest BCUT2D eigenvalue weighted by atomic mass is 10.2. The third-order valence-corrected chi connectivity index (χ3v) is 3.28. The van der Waals surface area contributed by atoms with Gasteiger partial charge in [-0.15, -0.1) is 0 Å². The first-order valence-corrected chi connectivity index (χ1v) is 7.95. The van der Waals surface area contributed by atoms with E-state index >= 15 is 0 Å². The molecule has 2 aromatic carbocycles. The van der Waals surface area contributed by atoms with Crippen LogP contribution < -0.4 is 0 Å². The molecule has 0 atom stereocenters. The van der Waals surface area contributed by atoms with Crippen LogP contribution in [0.1, 0.15) is 25.0 Å². The molecule has 0 N–H and O–H groups in total. The summed E-state index contributed by atoms with van der Waals surface area (Å²) in [5, 5.41) is 1.15. The van der Waals surface area contributed by atoms with Gasteiger partial charge < -0.3 is 9.47 Å². The van der Waals surface area contributed by atoms with Crippen LogP contribution in [0.3, 0.4) is 0 Å². The molecule has 0 saturated heterocycles. The van der Waals surface area contributed by atoms with Gasteiger partial charge in [0.15, 0.2) is 10.1 Å². The van der Waals surface area contributed by atoms with E-state index in [1.165, 1.54) is 0 Å². The summed E-state index contributed by atoms with van der Waals surface area (Å²) in [6.45, 7) is 5.12. The summed E-state index contributed by atoms with van der Waals surface area (Å²) in [7, 11) is 0. The molecule has 0 aliphatic heterocycles. The molecule has 0 bridgehead atoms. The molecular formula is C18H20O2S2. The molecule has 0 aliphatic rings. The molecule has 0 unspecified atom stereocenters. The molecule has 2 aromatic rings. The summed E-state index contributed by atoms with van der Waals surface area (Å²) < 4.78 is 10.3. The predicted molar refractivity (Wildman–Crippen MR) is 99.5 cm³/mol. The lowest BCUT2D eigenvalue weighted by Gasteiger charge is -2.02. The van der Waals surface area contributed by atoms with Crippen LogP contribution in [-0.4, -0.2) is 23.3 Å². The topological polar surface area (TPSA) is 18.5 Å². The zero-order chi connectivity index (χ0) is 16.2. The monoisotopic (exact) mass is 332 g/mol. The SMILES string of the molecule is CCOC(=S)c1ccccc1.CCOC(=S)c1ccccc1. The molecule has 116 valence electrons. The van der Waals surface area contributed by atoms with Crippen molar-refractivity contribution in [2.75, 3.05) is 13.2 Å². The van der Waals surface area contributed by atoms with Crippen LogP contribution in [0.15, 0.2) is 60.7 Å². The predicted octanol–water partition coefficient (Wildman–Crippen LogP) is 4.80. The fourth-order valence-corrected chi connectivity index (χ4v) is 2.09. The van der Waals surface area contributed by atoms with Gasteiger partial charge in [0.1, 0.15) is 0 Å². The van der Waals surface area contributed by atoms with Gasteiger partial charge in [-0.05, 0) is 38.3 Å². The number of rotatable bonds is 4. The second-order valence-electron chi connectivity index (χ2n) is 4.17. The van der Waals surface area contributed by atoms with Gasteiger partial charge in [-0.1, -0.05) is 60.7 Å². The molecule has 0 saturated carbocycles. The molecule has 2 rings (SSSR count). The first-order chi connectivity index (χ1) is 10.7. The van der Waals surface area contributed by atoms with Crippen molar-refractivity contribution in [1.82, 2.24) is 0 Å². The summed E-state index contributed by atoms with van der Waals surface area (Å²) in [4.78, 5) is 0. The largest absolute Gasteiger partial charge is 0.483 e. The highest BCUT2D eigenvalue weighted by molar-refractivity contribution is 7.80. The Morgan fingerprint density at radius 2 is 1.00 bits per heavy atom. The van der Waals surface area contributed by atoms with Gasteiger partial charge in [0.2, 0.25) is 0 Å². The van der Waals surface area contributed by atoms with E-state index in [4.69, 9.17) is 33.9 Å². The van der Waals surface area contributed by atoms with Gasteiger partial charge in [0, 0.05) is 11.1 Å². The number of hydrogen-bond acceptors (Lipinski definition) is 4. The second kappa shape index (κ2) is 10.9. The average Bonchev–Trinajstić information content (AvgIpc) is 2.57. The van der Waals surface area contributed by atoms with E-state index in [0.717, 1.165) is 11.1 Å². The van der Waals surface area contributed by atoms with Gasteiger partial charge in [0.05, 0.1) is 13.2 Å². The molecule has 0 spiro atoms.